The highest BCUT2D eigenvalue weighted by atomic mass is 35.5. The predicted molar refractivity (Wildman–Crippen MR) is 123 cm³/mol. The monoisotopic (exact) mass is 470 g/mol. The maximum absolute atomic E-state index is 13.2. The smallest absolute Gasteiger partial charge is 0.352 e. The van der Waals surface area contributed by atoms with Crippen molar-refractivity contribution in [2.75, 3.05) is 20.3 Å². The molecule has 2 aromatic carbocycles. The van der Waals surface area contributed by atoms with E-state index >= 15 is 0 Å². The van der Waals surface area contributed by atoms with E-state index < -0.39 is 17.2 Å². The van der Waals surface area contributed by atoms with Crippen LogP contribution in [0.3, 0.4) is 0 Å². The first-order valence-corrected chi connectivity index (χ1v) is 10.9. The third-order valence-corrected chi connectivity index (χ3v) is 5.57. The molecule has 1 fully saturated rings. The van der Waals surface area contributed by atoms with Gasteiger partial charge in [0.2, 0.25) is 5.69 Å². The van der Waals surface area contributed by atoms with E-state index in [1.807, 2.05) is 0 Å². The van der Waals surface area contributed by atoms with Gasteiger partial charge in [0.1, 0.15) is 5.75 Å². The number of carbonyl (C=O) groups is 1. The Bertz CT molecular complexity index is 1260. The molecule has 1 amide bonds. The molecule has 0 radical (unpaired) electrons. The fraction of sp³-hybridized carbons (Fsp3) is 0.304. The van der Waals surface area contributed by atoms with Gasteiger partial charge in [-0.15, -0.1) is 0 Å². The fourth-order valence-electron chi connectivity index (χ4n) is 3.60. The number of hydrogen-bond donors (Lipinski definition) is 1. The third kappa shape index (κ3) is 5.15. The van der Waals surface area contributed by atoms with Gasteiger partial charge >= 0.3 is 5.69 Å². The largest absolute Gasteiger partial charge is 0.497 e. The molecule has 1 aliphatic rings. The minimum absolute atomic E-state index is 0.0666. The molecule has 10 heteroatoms. The third-order valence-electron chi connectivity index (χ3n) is 5.34. The van der Waals surface area contributed by atoms with Crippen LogP contribution in [-0.4, -0.2) is 46.6 Å². The van der Waals surface area contributed by atoms with E-state index in [0.29, 0.717) is 28.6 Å². The molecular formula is C23H23ClN4O5. The Morgan fingerprint density at radius 1 is 1.24 bits per heavy atom. The Balaban J connectivity index is 1.76. The summed E-state index contributed by atoms with van der Waals surface area (Å²) in [5, 5.41) is 7.29. The topological polar surface area (TPSA) is 104 Å². The van der Waals surface area contributed by atoms with Crippen molar-refractivity contribution in [3.8, 4) is 11.4 Å². The van der Waals surface area contributed by atoms with Crippen LogP contribution < -0.4 is 21.3 Å². The van der Waals surface area contributed by atoms with Crippen molar-refractivity contribution in [1.82, 2.24) is 19.7 Å². The van der Waals surface area contributed by atoms with Crippen LogP contribution >= 0.6 is 11.6 Å². The Kier molecular flexibility index (Phi) is 6.90. The van der Waals surface area contributed by atoms with Crippen molar-refractivity contribution in [3.05, 3.63) is 85.6 Å². The zero-order valence-electron chi connectivity index (χ0n) is 18.0. The van der Waals surface area contributed by atoms with Crippen LogP contribution in [0.5, 0.6) is 5.75 Å². The number of aromatic nitrogens is 3. The number of benzene rings is 2. The number of methoxy groups -OCH3 is 1. The highest BCUT2D eigenvalue weighted by Crippen LogP contribution is 2.14. The second kappa shape index (κ2) is 10.0. The van der Waals surface area contributed by atoms with Crippen molar-refractivity contribution in [1.29, 1.82) is 0 Å². The molecule has 9 nitrogen and oxygen atoms in total. The highest BCUT2D eigenvalue weighted by molar-refractivity contribution is 6.30. The van der Waals surface area contributed by atoms with Crippen molar-refractivity contribution in [2.45, 2.75) is 25.5 Å². The molecular weight excluding hydrogens is 448 g/mol. The summed E-state index contributed by atoms with van der Waals surface area (Å²) in [6.07, 6.45) is 1.65. The summed E-state index contributed by atoms with van der Waals surface area (Å²) < 4.78 is 12.7. The number of nitrogens with zero attached hydrogens (tertiary/aromatic N) is 3. The molecule has 0 spiro atoms. The molecule has 0 unspecified atom stereocenters. The van der Waals surface area contributed by atoms with E-state index in [9.17, 15) is 14.4 Å². The zero-order valence-corrected chi connectivity index (χ0v) is 18.7. The average molecular weight is 471 g/mol. The maximum atomic E-state index is 13.2. The number of rotatable bonds is 7. The Morgan fingerprint density at radius 3 is 2.70 bits per heavy atom. The molecule has 1 atom stereocenters. The second-order valence-electron chi connectivity index (χ2n) is 7.61. The first-order chi connectivity index (χ1) is 16.0. The minimum atomic E-state index is -0.783. The average Bonchev–Trinajstić information content (AvgIpc) is 3.34. The van der Waals surface area contributed by atoms with Crippen LogP contribution in [0.1, 0.15) is 28.9 Å². The van der Waals surface area contributed by atoms with Crippen molar-refractivity contribution < 1.29 is 14.3 Å². The molecule has 0 saturated carbocycles. The summed E-state index contributed by atoms with van der Waals surface area (Å²) in [4.78, 5) is 39.2. The molecule has 1 saturated heterocycles. The molecule has 172 valence electrons. The van der Waals surface area contributed by atoms with Gasteiger partial charge in [-0.2, -0.15) is 9.78 Å². The first kappa shape index (κ1) is 22.8. The highest BCUT2D eigenvalue weighted by Gasteiger charge is 2.22. The Hall–Kier alpha value is -3.43. The quantitative estimate of drug-likeness (QED) is 0.566. The Labute approximate surface area is 194 Å². The van der Waals surface area contributed by atoms with E-state index in [-0.39, 0.29) is 24.9 Å². The van der Waals surface area contributed by atoms with Crippen molar-refractivity contribution in [3.63, 3.8) is 0 Å². The molecule has 2 heterocycles. The molecule has 4 rings (SSSR count). The van der Waals surface area contributed by atoms with E-state index in [0.717, 1.165) is 22.1 Å². The standard InChI is InChI=1S/C23H23ClN4O5/c1-32-18-9-7-17(8-10-18)28-23(31)27(14-15-4-2-5-16(24)12-15)22(30)20(26-28)21(29)25-13-19-6-3-11-33-19/h2,4-5,7-10,12,19H,3,6,11,13-14H2,1H3,(H,25,29)/t19-/m1/s1. The number of halogens is 1. The van der Waals surface area contributed by atoms with Gasteiger partial charge in [-0.1, -0.05) is 23.7 Å². The van der Waals surface area contributed by atoms with Crippen LogP contribution in [0, 0.1) is 0 Å². The summed E-state index contributed by atoms with van der Waals surface area (Å²) in [5.74, 6) is -0.0776. The van der Waals surface area contributed by atoms with Gasteiger partial charge in [-0.05, 0) is 54.8 Å². The number of carbonyl (C=O) groups excluding carboxylic acids is 1. The van der Waals surface area contributed by atoms with Gasteiger partial charge < -0.3 is 14.8 Å². The number of ether oxygens (including phenoxy) is 2. The van der Waals surface area contributed by atoms with Crippen LogP contribution in [0.15, 0.2) is 58.1 Å². The van der Waals surface area contributed by atoms with Gasteiger partial charge in [0.05, 0.1) is 25.4 Å². The van der Waals surface area contributed by atoms with Gasteiger partial charge in [-0.3, -0.25) is 14.2 Å². The van der Waals surface area contributed by atoms with Crippen molar-refractivity contribution in [2.24, 2.45) is 0 Å². The summed E-state index contributed by atoms with van der Waals surface area (Å²) in [6, 6.07) is 13.4. The molecule has 1 aromatic heterocycles. The van der Waals surface area contributed by atoms with E-state index in [1.165, 1.54) is 7.11 Å². The zero-order chi connectivity index (χ0) is 23.4. The lowest BCUT2D eigenvalue weighted by atomic mass is 10.2. The molecule has 3 aromatic rings. The molecule has 1 aliphatic heterocycles. The lowest BCUT2D eigenvalue weighted by molar-refractivity contribution is 0.0849. The lowest BCUT2D eigenvalue weighted by Crippen LogP contribution is -2.46. The van der Waals surface area contributed by atoms with E-state index in [2.05, 4.69) is 10.4 Å². The predicted octanol–water partition coefficient (Wildman–Crippen LogP) is 2.01. The molecule has 0 bridgehead atoms. The van der Waals surface area contributed by atoms with Crippen LogP contribution in [0.2, 0.25) is 5.02 Å². The number of hydrogen-bond acceptors (Lipinski definition) is 6. The summed E-state index contributed by atoms with van der Waals surface area (Å²) in [6.45, 7) is 0.840. The molecule has 33 heavy (non-hydrogen) atoms. The minimum Gasteiger partial charge on any atom is -0.497 e. The Morgan fingerprint density at radius 2 is 2.03 bits per heavy atom. The maximum Gasteiger partial charge on any atom is 0.352 e. The first-order valence-electron chi connectivity index (χ1n) is 10.5. The van der Waals surface area contributed by atoms with Gasteiger partial charge in [-0.25, -0.2) is 4.79 Å². The summed E-state index contributed by atoms with van der Waals surface area (Å²) in [7, 11) is 1.53. The number of amides is 1. The van der Waals surface area contributed by atoms with Crippen LogP contribution in [0.25, 0.3) is 5.69 Å². The van der Waals surface area contributed by atoms with Gasteiger partial charge in [0.15, 0.2) is 0 Å². The number of nitrogens with one attached hydrogen (secondary N) is 1. The normalized spacial score (nSPS) is 15.4. The fourth-order valence-corrected chi connectivity index (χ4v) is 3.81. The van der Waals surface area contributed by atoms with Crippen LogP contribution in [-0.2, 0) is 11.3 Å². The second-order valence-corrected chi connectivity index (χ2v) is 8.04. The van der Waals surface area contributed by atoms with E-state index in [1.54, 1.807) is 48.5 Å². The summed E-state index contributed by atoms with van der Waals surface area (Å²) in [5.41, 5.74) is -0.824. The van der Waals surface area contributed by atoms with Crippen molar-refractivity contribution >= 4 is 17.5 Å². The summed E-state index contributed by atoms with van der Waals surface area (Å²) >= 11 is 6.06. The van der Waals surface area contributed by atoms with Gasteiger partial charge in [0, 0.05) is 18.2 Å². The van der Waals surface area contributed by atoms with E-state index in [4.69, 9.17) is 21.1 Å². The lowest BCUT2D eigenvalue weighted by Gasteiger charge is -2.14. The molecule has 1 N–H and O–H groups in total. The van der Waals surface area contributed by atoms with Crippen LogP contribution in [0.4, 0.5) is 0 Å². The SMILES string of the molecule is COc1ccc(-n2nc(C(=O)NC[C@H]3CCCO3)c(=O)n(Cc3cccc(Cl)c3)c2=O)cc1. The molecule has 0 aliphatic carbocycles. The van der Waals surface area contributed by atoms with Gasteiger partial charge in [0.25, 0.3) is 11.5 Å².